The number of nitrogens with one attached hydrogen (secondary N) is 2. The third-order valence-electron chi connectivity index (χ3n) is 3.40. The molecule has 2 aromatic carbocycles. The summed E-state index contributed by atoms with van der Waals surface area (Å²) in [5.41, 5.74) is 0.853. The molecular weight excluding hydrogens is 330 g/mol. The summed E-state index contributed by atoms with van der Waals surface area (Å²) in [6, 6.07) is 9.10. The quantitative estimate of drug-likeness (QED) is 0.756. The van der Waals surface area contributed by atoms with Crippen LogP contribution in [0.2, 0.25) is 0 Å². The van der Waals surface area contributed by atoms with Crippen LogP contribution >= 0.6 is 0 Å². The smallest absolute Gasteiger partial charge is 0.255 e. The van der Waals surface area contributed by atoms with Crippen molar-refractivity contribution in [1.29, 1.82) is 0 Å². The van der Waals surface area contributed by atoms with Crippen LogP contribution < -0.4 is 10.6 Å². The van der Waals surface area contributed by atoms with Crippen molar-refractivity contribution in [1.82, 2.24) is 5.32 Å². The van der Waals surface area contributed by atoms with E-state index >= 15 is 0 Å². The highest BCUT2D eigenvalue weighted by molar-refractivity contribution is 6.05. The normalized spacial score (nSPS) is 10.4. The van der Waals surface area contributed by atoms with Crippen molar-refractivity contribution in [3.63, 3.8) is 0 Å². The minimum absolute atomic E-state index is 0.142. The van der Waals surface area contributed by atoms with Crippen molar-refractivity contribution < 1.29 is 23.1 Å². The van der Waals surface area contributed by atoms with Crippen LogP contribution in [0.25, 0.3) is 0 Å². The number of ether oxygens (including phenoxy) is 1. The first-order valence-corrected chi connectivity index (χ1v) is 7.65. The second kappa shape index (κ2) is 8.89. The molecule has 0 saturated carbocycles. The number of anilines is 1. The fraction of sp³-hybridized carbons (Fsp3) is 0.222. The van der Waals surface area contributed by atoms with Gasteiger partial charge >= 0.3 is 0 Å². The van der Waals surface area contributed by atoms with Crippen LogP contribution in [0.1, 0.15) is 27.1 Å². The lowest BCUT2D eigenvalue weighted by molar-refractivity contribution is 0.0946. The van der Waals surface area contributed by atoms with E-state index in [2.05, 4.69) is 10.6 Å². The Morgan fingerprint density at radius 2 is 1.60 bits per heavy atom. The molecule has 0 saturated heterocycles. The number of carbonyl (C=O) groups is 2. The molecule has 0 atom stereocenters. The largest absolute Gasteiger partial charge is 0.385 e. The molecule has 25 heavy (non-hydrogen) atoms. The molecule has 0 aliphatic heterocycles. The average molecular weight is 348 g/mol. The van der Waals surface area contributed by atoms with Gasteiger partial charge in [-0.25, -0.2) is 8.78 Å². The van der Waals surface area contributed by atoms with E-state index in [1.165, 1.54) is 30.3 Å². The summed E-state index contributed by atoms with van der Waals surface area (Å²) in [5.74, 6) is -2.76. The minimum Gasteiger partial charge on any atom is -0.385 e. The van der Waals surface area contributed by atoms with E-state index < -0.39 is 17.5 Å². The lowest BCUT2D eigenvalue weighted by atomic mass is 10.1. The van der Waals surface area contributed by atoms with Gasteiger partial charge in [0.25, 0.3) is 11.8 Å². The van der Waals surface area contributed by atoms with E-state index in [-0.39, 0.29) is 11.6 Å². The van der Waals surface area contributed by atoms with Crippen molar-refractivity contribution >= 4 is 17.5 Å². The van der Waals surface area contributed by atoms with Gasteiger partial charge in [-0.1, -0.05) is 0 Å². The Morgan fingerprint density at radius 1 is 0.960 bits per heavy atom. The number of amides is 2. The molecule has 2 rings (SSSR count). The number of rotatable bonds is 7. The molecule has 0 heterocycles. The summed E-state index contributed by atoms with van der Waals surface area (Å²) in [7, 11) is 1.59. The van der Waals surface area contributed by atoms with E-state index in [9.17, 15) is 18.4 Å². The van der Waals surface area contributed by atoms with E-state index in [1.807, 2.05) is 0 Å². The summed E-state index contributed by atoms with van der Waals surface area (Å²) in [5, 5.41) is 5.20. The number of hydrogen-bond acceptors (Lipinski definition) is 3. The van der Waals surface area contributed by atoms with Crippen LogP contribution in [0.3, 0.4) is 0 Å². The maximum atomic E-state index is 13.1. The maximum Gasteiger partial charge on any atom is 0.255 e. The Hall–Kier alpha value is -2.80. The number of hydrogen-bond donors (Lipinski definition) is 2. The van der Waals surface area contributed by atoms with Crippen molar-refractivity contribution in [3.8, 4) is 0 Å². The Morgan fingerprint density at radius 3 is 2.20 bits per heavy atom. The lowest BCUT2D eigenvalue weighted by Gasteiger charge is -2.07. The third kappa shape index (κ3) is 5.36. The average Bonchev–Trinajstić information content (AvgIpc) is 2.62. The predicted octanol–water partition coefficient (Wildman–Crippen LogP) is 2.98. The van der Waals surface area contributed by atoms with Crippen LogP contribution in [0.4, 0.5) is 14.5 Å². The number of benzene rings is 2. The fourth-order valence-corrected chi connectivity index (χ4v) is 2.07. The molecule has 0 fully saturated rings. The highest BCUT2D eigenvalue weighted by Crippen LogP contribution is 2.14. The van der Waals surface area contributed by atoms with Gasteiger partial charge in [-0.15, -0.1) is 0 Å². The first-order chi connectivity index (χ1) is 12.0. The molecule has 2 N–H and O–H groups in total. The van der Waals surface area contributed by atoms with Crippen molar-refractivity contribution in [2.75, 3.05) is 25.6 Å². The highest BCUT2D eigenvalue weighted by atomic mass is 19.2. The molecule has 2 aromatic rings. The van der Waals surface area contributed by atoms with Gasteiger partial charge in [0, 0.05) is 43.1 Å². The summed E-state index contributed by atoms with van der Waals surface area (Å²) < 4.78 is 30.9. The van der Waals surface area contributed by atoms with Gasteiger partial charge < -0.3 is 15.4 Å². The highest BCUT2D eigenvalue weighted by Gasteiger charge is 2.10. The van der Waals surface area contributed by atoms with Crippen LogP contribution in [-0.2, 0) is 4.74 Å². The minimum atomic E-state index is -1.04. The van der Waals surface area contributed by atoms with Gasteiger partial charge in [-0.3, -0.25) is 9.59 Å². The van der Waals surface area contributed by atoms with E-state index in [1.54, 1.807) is 7.11 Å². The molecule has 0 bridgehead atoms. The Bertz CT molecular complexity index is 748. The molecule has 0 aromatic heterocycles. The number of methoxy groups -OCH3 is 1. The van der Waals surface area contributed by atoms with Gasteiger partial charge in [0.2, 0.25) is 0 Å². The van der Waals surface area contributed by atoms with Crippen LogP contribution in [0, 0.1) is 11.6 Å². The first kappa shape index (κ1) is 18.5. The molecule has 132 valence electrons. The summed E-state index contributed by atoms with van der Waals surface area (Å²) in [6.07, 6.45) is 0.705. The molecule has 0 radical (unpaired) electrons. The first-order valence-electron chi connectivity index (χ1n) is 7.65. The van der Waals surface area contributed by atoms with E-state index in [0.29, 0.717) is 30.7 Å². The van der Waals surface area contributed by atoms with Crippen molar-refractivity contribution in [2.24, 2.45) is 0 Å². The summed E-state index contributed by atoms with van der Waals surface area (Å²) in [6.45, 7) is 1.05. The maximum absolute atomic E-state index is 13.1. The number of carbonyl (C=O) groups excluding carboxylic acids is 2. The molecular formula is C18H18F2N2O3. The molecule has 0 aliphatic rings. The zero-order valence-corrected chi connectivity index (χ0v) is 13.6. The van der Waals surface area contributed by atoms with E-state index in [4.69, 9.17) is 4.74 Å². The molecule has 7 heteroatoms. The lowest BCUT2D eigenvalue weighted by Crippen LogP contribution is -2.25. The van der Waals surface area contributed by atoms with Gasteiger partial charge in [0.15, 0.2) is 11.6 Å². The van der Waals surface area contributed by atoms with E-state index in [0.717, 1.165) is 12.1 Å². The second-order valence-electron chi connectivity index (χ2n) is 5.26. The monoisotopic (exact) mass is 348 g/mol. The SMILES string of the molecule is COCCCNC(=O)c1ccc(C(=O)Nc2ccc(F)c(F)c2)cc1. The Balaban J connectivity index is 1.95. The van der Waals surface area contributed by atoms with Gasteiger partial charge in [-0.05, 0) is 42.8 Å². The standard InChI is InChI=1S/C18H18F2N2O3/c1-25-10-2-9-21-17(23)12-3-5-13(6-4-12)18(24)22-14-7-8-15(19)16(20)11-14/h3-8,11H,2,9-10H2,1H3,(H,21,23)(H,22,24). The van der Waals surface area contributed by atoms with Crippen molar-refractivity contribution in [3.05, 3.63) is 65.2 Å². The zero-order chi connectivity index (χ0) is 18.2. The molecule has 0 aliphatic carbocycles. The predicted molar refractivity (Wildman–Crippen MR) is 89.6 cm³/mol. The van der Waals surface area contributed by atoms with Crippen LogP contribution in [-0.4, -0.2) is 32.1 Å². The Kier molecular flexibility index (Phi) is 6.59. The molecule has 5 nitrogen and oxygen atoms in total. The van der Waals surface area contributed by atoms with Crippen molar-refractivity contribution in [2.45, 2.75) is 6.42 Å². The molecule has 2 amide bonds. The topological polar surface area (TPSA) is 67.4 Å². The van der Waals surface area contributed by atoms with Gasteiger partial charge in [-0.2, -0.15) is 0 Å². The molecule has 0 spiro atoms. The summed E-state index contributed by atoms with van der Waals surface area (Å²) >= 11 is 0. The van der Waals surface area contributed by atoms with Crippen LogP contribution in [0.5, 0.6) is 0 Å². The van der Waals surface area contributed by atoms with Crippen LogP contribution in [0.15, 0.2) is 42.5 Å². The molecule has 0 unspecified atom stereocenters. The fourth-order valence-electron chi connectivity index (χ4n) is 2.07. The zero-order valence-electron chi connectivity index (χ0n) is 13.6. The third-order valence-corrected chi connectivity index (χ3v) is 3.40. The second-order valence-corrected chi connectivity index (χ2v) is 5.26. The number of halogens is 2. The Labute approximate surface area is 144 Å². The van der Waals surface area contributed by atoms with Gasteiger partial charge in [0.1, 0.15) is 0 Å². The summed E-state index contributed by atoms with van der Waals surface area (Å²) in [4.78, 5) is 24.0. The van der Waals surface area contributed by atoms with Gasteiger partial charge in [0.05, 0.1) is 0 Å².